The fourth-order valence-electron chi connectivity index (χ4n) is 2.40. The van der Waals surface area contributed by atoms with Gasteiger partial charge >= 0.3 is 0 Å². The van der Waals surface area contributed by atoms with Crippen LogP contribution in [0.2, 0.25) is 0 Å². The predicted octanol–water partition coefficient (Wildman–Crippen LogP) is 2.14. The first-order chi connectivity index (χ1) is 8.20. The SMILES string of the molecule is NCC1CCCN(Cc2cccc(F)c2F)C1. The van der Waals surface area contributed by atoms with Crippen LogP contribution in [0.1, 0.15) is 18.4 Å². The zero-order valence-electron chi connectivity index (χ0n) is 9.83. The number of piperidine rings is 1. The summed E-state index contributed by atoms with van der Waals surface area (Å²) in [5.74, 6) is -1.00. The molecule has 1 aromatic rings. The summed E-state index contributed by atoms with van der Waals surface area (Å²) in [6.45, 7) is 2.96. The lowest BCUT2D eigenvalue weighted by atomic mass is 9.98. The Labute approximate surface area is 100 Å². The highest BCUT2D eigenvalue weighted by Crippen LogP contribution is 2.19. The molecule has 1 heterocycles. The van der Waals surface area contributed by atoms with E-state index in [1.807, 2.05) is 0 Å². The average Bonchev–Trinajstić information content (AvgIpc) is 2.35. The standard InChI is InChI=1S/C13H18F2N2/c14-12-5-1-4-11(13(12)15)9-17-6-2-3-10(7-16)8-17/h1,4-5,10H,2-3,6-9,16H2. The van der Waals surface area contributed by atoms with E-state index in [2.05, 4.69) is 4.90 Å². The molecule has 1 fully saturated rings. The summed E-state index contributed by atoms with van der Waals surface area (Å²) < 4.78 is 26.6. The molecule has 1 aliphatic rings. The van der Waals surface area contributed by atoms with Crippen LogP contribution in [0.4, 0.5) is 8.78 Å². The van der Waals surface area contributed by atoms with E-state index in [1.165, 1.54) is 0 Å². The van der Waals surface area contributed by atoms with E-state index in [-0.39, 0.29) is 0 Å². The summed E-state index contributed by atoms with van der Waals surface area (Å²) in [4.78, 5) is 2.15. The average molecular weight is 240 g/mol. The highest BCUT2D eigenvalue weighted by atomic mass is 19.2. The minimum absolute atomic E-state index is 0.433. The third-order valence-corrected chi connectivity index (χ3v) is 3.36. The third-order valence-electron chi connectivity index (χ3n) is 3.36. The van der Waals surface area contributed by atoms with E-state index in [0.717, 1.165) is 32.0 Å². The van der Waals surface area contributed by atoms with Gasteiger partial charge in [-0.25, -0.2) is 8.78 Å². The molecule has 2 N–H and O–H groups in total. The van der Waals surface area contributed by atoms with E-state index < -0.39 is 11.6 Å². The summed E-state index contributed by atoms with van der Waals surface area (Å²) in [5, 5.41) is 0. The van der Waals surface area contributed by atoms with Gasteiger partial charge in [0, 0.05) is 18.7 Å². The highest BCUT2D eigenvalue weighted by Gasteiger charge is 2.20. The van der Waals surface area contributed by atoms with E-state index in [0.29, 0.717) is 24.6 Å². The van der Waals surface area contributed by atoms with Crippen molar-refractivity contribution >= 4 is 0 Å². The normalized spacial score (nSPS) is 21.7. The lowest BCUT2D eigenvalue weighted by Gasteiger charge is -2.32. The van der Waals surface area contributed by atoms with E-state index in [1.54, 1.807) is 12.1 Å². The molecule has 94 valence electrons. The first-order valence-electron chi connectivity index (χ1n) is 6.06. The van der Waals surface area contributed by atoms with Gasteiger partial charge < -0.3 is 5.73 Å². The van der Waals surface area contributed by atoms with Crippen LogP contribution < -0.4 is 5.73 Å². The number of hydrogen-bond donors (Lipinski definition) is 1. The number of likely N-dealkylation sites (tertiary alicyclic amines) is 1. The van der Waals surface area contributed by atoms with Crippen LogP contribution in [0.25, 0.3) is 0 Å². The molecule has 0 radical (unpaired) electrons. The maximum Gasteiger partial charge on any atom is 0.163 e. The van der Waals surface area contributed by atoms with E-state index in [4.69, 9.17) is 5.73 Å². The van der Waals surface area contributed by atoms with Gasteiger partial charge in [-0.05, 0) is 37.9 Å². The highest BCUT2D eigenvalue weighted by molar-refractivity contribution is 5.18. The summed E-state index contributed by atoms with van der Waals surface area (Å²) in [5.41, 5.74) is 6.09. The minimum atomic E-state index is -0.769. The Kier molecular flexibility index (Phi) is 4.07. The summed E-state index contributed by atoms with van der Waals surface area (Å²) >= 11 is 0. The molecule has 2 rings (SSSR count). The lowest BCUT2D eigenvalue weighted by Crippen LogP contribution is -2.38. The molecule has 0 bridgehead atoms. The van der Waals surface area contributed by atoms with Crippen LogP contribution in [-0.4, -0.2) is 24.5 Å². The molecule has 1 saturated heterocycles. The van der Waals surface area contributed by atoms with Crippen molar-refractivity contribution in [2.75, 3.05) is 19.6 Å². The predicted molar refractivity (Wildman–Crippen MR) is 63.4 cm³/mol. The zero-order chi connectivity index (χ0) is 12.3. The lowest BCUT2D eigenvalue weighted by molar-refractivity contribution is 0.169. The topological polar surface area (TPSA) is 29.3 Å². The first-order valence-corrected chi connectivity index (χ1v) is 6.06. The van der Waals surface area contributed by atoms with Crippen molar-refractivity contribution < 1.29 is 8.78 Å². The Morgan fingerprint density at radius 1 is 1.35 bits per heavy atom. The molecular weight excluding hydrogens is 222 g/mol. The molecular formula is C13H18F2N2. The third kappa shape index (κ3) is 3.01. The van der Waals surface area contributed by atoms with Gasteiger partial charge in [0.15, 0.2) is 11.6 Å². The van der Waals surface area contributed by atoms with Crippen molar-refractivity contribution in [3.63, 3.8) is 0 Å². The maximum atomic E-state index is 13.5. The number of benzene rings is 1. The van der Waals surface area contributed by atoms with E-state index in [9.17, 15) is 8.78 Å². The fourth-order valence-corrected chi connectivity index (χ4v) is 2.40. The fraction of sp³-hybridized carbons (Fsp3) is 0.538. The second-order valence-electron chi connectivity index (χ2n) is 4.69. The summed E-state index contributed by atoms with van der Waals surface area (Å²) in [7, 11) is 0. The Hall–Kier alpha value is -1.00. The largest absolute Gasteiger partial charge is 0.330 e. The Morgan fingerprint density at radius 3 is 2.94 bits per heavy atom. The Balaban J connectivity index is 2.02. The smallest absolute Gasteiger partial charge is 0.163 e. The molecule has 0 aliphatic carbocycles. The molecule has 1 unspecified atom stereocenters. The molecule has 0 amide bonds. The van der Waals surface area contributed by atoms with Gasteiger partial charge in [0.25, 0.3) is 0 Å². The van der Waals surface area contributed by atoms with Crippen LogP contribution in [0.15, 0.2) is 18.2 Å². The van der Waals surface area contributed by atoms with Gasteiger partial charge in [0.2, 0.25) is 0 Å². The Morgan fingerprint density at radius 2 is 2.18 bits per heavy atom. The van der Waals surface area contributed by atoms with Crippen molar-refractivity contribution in [3.8, 4) is 0 Å². The molecule has 4 heteroatoms. The molecule has 2 nitrogen and oxygen atoms in total. The second kappa shape index (κ2) is 5.56. The van der Waals surface area contributed by atoms with Gasteiger partial charge in [-0.2, -0.15) is 0 Å². The van der Waals surface area contributed by atoms with Crippen LogP contribution in [0, 0.1) is 17.6 Å². The first kappa shape index (κ1) is 12.5. The number of hydrogen-bond acceptors (Lipinski definition) is 2. The summed E-state index contributed by atoms with van der Waals surface area (Å²) in [6.07, 6.45) is 2.22. The van der Waals surface area contributed by atoms with Crippen LogP contribution in [-0.2, 0) is 6.54 Å². The van der Waals surface area contributed by atoms with Gasteiger partial charge in [0.1, 0.15) is 0 Å². The molecule has 0 aromatic heterocycles. The number of nitrogens with two attached hydrogens (primary N) is 1. The van der Waals surface area contributed by atoms with Crippen molar-refractivity contribution in [2.24, 2.45) is 11.7 Å². The van der Waals surface area contributed by atoms with E-state index >= 15 is 0 Å². The Bertz CT molecular complexity index is 382. The molecule has 0 saturated carbocycles. The minimum Gasteiger partial charge on any atom is -0.330 e. The molecule has 0 spiro atoms. The van der Waals surface area contributed by atoms with Gasteiger partial charge in [-0.1, -0.05) is 12.1 Å². The van der Waals surface area contributed by atoms with Crippen molar-refractivity contribution in [3.05, 3.63) is 35.4 Å². The number of nitrogens with zero attached hydrogens (tertiary/aromatic N) is 1. The molecule has 1 atom stereocenters. The number of halogens is 2. The maximum absolute atomic E-state index is 13.5. The van der Waals surface area contributed by atoms with Crippen molar-refractivity contribution in [1.82, 2.24) is 4.90 Å². The van der Waals surface area contributed by atoms with Crippen LogP contribution in [0.5, 0.6) is 0 Å². The molecule has 1 aromatic carbocycles. The van der Waals surface area contributed by atoms with Gasteiger partial charge in [-0.3, -0.25) is 4.90 Å². The van der Waals surface area contributed by atoms with Crippen LogP contribution >= 0.6 is 0 Å². The molecule has 1 aliphatic heterocycles. The molecule has 17 heavy (non-hydrogen) atoms. The zero-order valence-corrected chi connectivity index (χ0v) is 9.83. The van der Waals surface area contributed by atoms with Gasteiger partial charge in [-0.15, -0.1) is 0 Å². The second-order valence-corrected chi connectivity index (χ2v) is 4.69. The van der Waals surface area contributed by atoms with Crippen molar-refractivity contribution in [2.45, 2.75) is 19.4 Å². The summed E-state index contributed by atoms with van der Waals surface area (Å²) in [6, 6.07) is 4.35. The number of rotatable bonds is 3. The van der Waals surface area contributed by atoms with Crippen LogP contribution in [0.3, 0.4) is 0 Å². The van der Waals surface area contributed by atoms with Gasteiger partial charge in [0.05, 0.1) is 0 Å². The monoisotopic (exact) mass is 240 g/mol. The quantitative estimate of drug-likeness (QED) is 0.877. The van der Waals surface area contributed by atoms with Crippen molar-refractivity contribution in [1.29, 1.82) is 0 Å².